The minimum atomic E-state index is -1.15. The minimum Gasteiger partial charge on any atom is -0.462 e. The molecule has 0 radical (unpaired) electrons. The molecule has 0 bridgehead atoms. The molecule has 0 aromatic rings. The van der Waals surface area contributed by atoms with Crippen LogP contribution in [0.15, 0.2) is 11.6 Å². The lowest BCUT2D eigenvalue weighted by Crippen LogP contribution is -2.54. The number of allylic oxidation sites excluding steroid dienone is 1. The maximum atomic E-state index is 11.3. The molecule has 3 fully saturated rings. The van der Waals surface area contributed by atoms with Crippen LogP contribution in [0.2, 0.25) is 0 Å². The number of hydrogen-bond acceptors (Lipinski definition) is 4. The third kappa shape index (κ3) is 2.32. The van der Waals surface area contributed by atoms with Crippen LogP contribution in [0.5, 0.6) is 0 Å². The molecule has 3 saturated carbocycles. The first-order valence-electron chi connectivity index (χ1n) is 10.2. The average molecular weight is 357 g/mol. The van der Waals surface area contributed by atoms with Crippen molar-refractivity contribution >= 4 is 5.97 Å². The summed E-state index contributed by atoms with van der Waals surface area (Å²) in [5.41, 5.74) is 0.252. The fourth-order valence-corrected chi connectivity index (χ4v) is 7.16. The standard InChI is InChI=1S/C22H31NO3/c1-14(24)26-16-6-9-20(2)15(12-16)4-5-17-18(20)7-10-21(3)19(17)8-11-22(21,25)13-23/h4,16-19,25H,5-12H2,1-3H3/t16-,17-,18+,19+,20+,21+,22+/m1/s1. The van der Waals surface area contributed by atoms with E-state index in [-0.39, 0.29) is 22.9 Å². The molecule has 4 aliphatic rings. The third-order valence-electron chi connectivity index (χ3n) is 8.73. The second kappa shape index (κ2) is 5.83. The molecule has 4 rings (SSSR count). The molecule has 1 N–H and O–H groups in total. The molecule has 26 heavy (non-hydrogen) atoms. The monoisotopic (exact) mass is 357 g/mol. The Bertz CT molecular complexity index is 694. The van der Waals surface area contributed by atoms with Gasteiger partial charge >= 0.3 is 5.97 Å². The van der Waals surface area contributed by atoms with Crippen molar-refractivity contribution in [1.29, 1.82) is 5.26 Å². The van der Waals surface area contributed by atoms with E-state index in [0.717, 1.165) is 44.9 Å². The summed E-state index contributed by atoms with van der Waals surface area (Å²) in [4.78, 5) is 11.3. The molecule has 0 amide bonds. The lowest BCUT2D eigenvalue weighted by Gasteiger charge is -2.58. The van der Waals surface area contributed by atoms with Gasteiger partial charge in [0.2, 0.25) is 0 Å². The van der Waals surface area contributed by atoms with E-state index in [1.54, 1.807) is 0 Å². The zero-order valence-corrected chi connectivity index (χ0v) is 16.3. The molecule has 0 saturated heterocycles. The number of nitrogens with zero attached hydrogens (tertiary/aromatic N) is 1. The number of carbonyl (C=O) groups excluding carboxylic acids is 1. The minimum absolute atomic E-state index is 0.0346. The van der Waals surface area contributed by atoms with Gasteiger partial charge in [-0.05, 0) is 68.1 Å². The van der Waals surface area contributed by atoms with Crippen molar-refractivity contribution in [1.82, 2.24) is 0 Å². The number of fused-ring (bicyclic) bond motifs is 5. The number of hydrogen-bond donors (Lipinski definition) is 1. The SMILES string of the molecule is CC(=O)O[C@@H]1CC[C@@]2(C)C(=CC[C@@H]3[C@@H]2CC[C@@]2(C)[C@H]3CC[C@]2(O)C#N)C1. The van der Waals surface area contributed by atoms with Gasteiger partial charge in [-0.2, -0.15) is 5.26 Å². The molecule has 0 aromatic carbocycles. The number of ether oxygens (including phenoxy) is 1. The highest BCUT2D eigenvalue weighted by atomic mass is 16.5. The summed E-state index contributed by atoms with van der Waals surface area (Å²) >= 11 is 0. The molecule has 7 atom stereocenters. The highest BCUT2D eigenvalue weighted by Gasteiger charge is 2.64. The van der Waals surface area contributed by atoms with E-state index in [1.807, 2.05) is 0 Å². The largest absolute Gasteiger partial charge is 0.462 e. The van der Waals surface area contributed by atoms with Crippen molar-refractivity contribution in [3.8, 4) is 6.07 Å². The van der Waals surface area contributed by atoms with Crippen LogP contribution in [0.4, 0.5) is 0 Å². The van der Waals surface area contributed by atoms with Gasteiger partial charge in [0.1, 0.15) is 6.10 Å². The van der Waals surface area contributed by atoms with E-state index in [2.05, 4.69) is 26.0 Å². The highest BCUT2D eigenvalue weighted by molar-refractivity contribution is 5.66. The topological polar surface area (TPSA) is 70.3 Å². The summed E-state index contributed by atoms with van der Waals surface area (Å²) in [6.07, 6.45) is 10.0. The van der Waals surface area contributed by atoms with Gasteiger partial charge in [-0.25, -0.2) is 0 Å². The maximum absolute atomic E-state index is 11.3. The fourth-order valence-electron chi connectivity index (χ4n) is 7.16. The first-order chi connectivity index (χ1) is 12.2. The summed E-state index contributed by atoms with van der Waals surface area (Å²) in [6.45, 7) is 6.06. The molecule has 0 aliphatic heterocycles. The molecule has 4 heteroatoms. The summed E-state index contributed by atoms with van der Waals surface area (Å²) in [7, 11) is 0. The van der Waals surface area contributed by atoms with Gasteiger partial charge in [-0.1, -0.05) is 25.5 Å². The smallest absolute Gasteiger partial charge is 0.302 e. The van der Waals surface area contributed by atoms with Gasteiger partial charge in [0.25, 0.3) is 0 Å². The van der Waals surface area contributed by atoms with Crippen LogP contribution >= 0.6 is 0 Å². The molecule has 0 unspecified atom stereocenters. The predicted octanol–water partition coefficient (Wildman–Crippen LogP) is 4.14. The van der Waals surface area contributed by atoms with Crippen LogP contribution < -0.4 is 0 Å². The molecule has 0 heterocycles. The predicted molar refractivity (Wildman–Crippen MR) is 97.8 cm³/mol. The lowest BCUT2D eigenvalue weighted by molar-refractivity contribution is -0.149. The molecule has 0 spiro atoms. The Morgan fingerprint density at radius 3 is 2.65 bits per heavy atom. The molecular weight excluding hydrogens is 326 g/mol. The van der Waals surface area contributed by atoms with Crippen molar-refractivity contribution in [2.75, 3.05) is 0 Å². The van der Waals surface area contributed by atoms with Crippen molar-refractivity contribution in [2.24, 2.45) is 28.6 Å². The Kier molecular flexibility index (Phi) is 4.04. The third-order valence-corrected chi connectivity index (χ3v) is 8.73. The van der Waals surface area contributed by atoms with E-state index < -0.39 is 5.60 Å². The van der Waals surface area contributed by atoms with Gasteiger partial charge < -0.3 is 9.84 Å². The Morgan fingerprint density at radius 2 is 1.96 bits per heavy atom. The molecule has 4 aliphatic carbocycles. The number of esters is 1. The number of aliphatic hydroxyl groups is 1. The van der Waals surface area contributed by atoms with Crippen LogP contribution in [-0.2, 0) is 9.53 Å². The van der Waals surface area contributed by atoms with E-state index in [9.17, 15) is 15.2 Å². The van der Waals surface area contributed by atoms with Crippen LogP contribution in [0.25, 0.3) is 0 Å². The maximum Gasteiger partial charge on any atom is 0.302 e. The molecule has 142 valence electrons. The van der Waals surface area contributed by atoms with Gasteiger partial charge in [0, 0.05) is 18.8 Å². The van der Waals surface area contributed by atoms with Crippen molar-refractivity contribution in [3.63, 3.8) is 0 Å². The average Bonchev–Trinajstić information content (AvgIpc) is 2.87. The number of rotatable bonds is 1. The Hall–Kier alpha value is -1.34. The van der Waals surface area contributed by atoms with E-state index in [1.165, 1.54) is 12.5 Å². The number of carbonyl (C=O) groups is 1. The molecule has 0 aromatic heterocycles. The van der Waals surface area contributed by atoms with E-state index in [0.29, 0.717) is 24.2 Å². The second-order valence-electron chi connectivity index (χ2n) is 9.70. The first-order valence-corrected chi connectivity index (χ1v) is 10.2. The van der Waals surface area contributed by atoms with Crippen molar-refractivity contribution in [2.45, 2.75) is 83.8 Å². The summed E-state index contributed by atoms with van der Waals surface area (Å²) in [6, 6.07) is 2.26. The van der Waals surface area contributed by atoms with Gasteiger partial charge in [0.15, 0.2) is 5.60 Å². The van der Waals surface area contributed by atoms with Crippen molar-refractivity contribution in [3.05, 3.63) is 11.6 Å². The first kappa shape index (κ1) is 18.0. The normalized spacial score (nSPS) is 49.9. The van der Waals surface area contributed by atoms with Gasteiger partial charge in [-0.3, -0.25) is 4.79 Å². The second-order valence-corrected chi connectivity index (χ2v) is 9.70. The van der Waals surface area contributed by atoms with Crippen LogP contribution in [-0.4, -0.2) is 22.8 Å². The van der Waals surface area contributed by atoms with Crippen LogP contribution in [0.1, 0.15) is 72.1 Å². The Balaban J connectivity index is 1.61. The van der Waals surface area contributed by atoms with Gasteiger partial charge in [0.05, 0.1) is 6.07 Å². The Morgan fingerprint density at radius 1 is 1.23 bits per heavy atom. The number of nitriles is 1. The molecular formula is C22H31NO3. The summed E-state index contributed by atoms with van der Waals surface area (Å²) in [5, 5.41) is 20.5. The lowest BCUT2D eigenvalue weighted by atomic mass is 9.47. The Labute approximate surface area is 156 Å². The quantitative estimate of drug-likeness (QED) is 0.435. The van der Waals surface area contributed by atoms with Crippen molar-refractivity contribution < 1.29 is 14.6 Å². The van der Waals surface area contributed by atoms with E-state index in [4.69, 9.17) is 4.74 Å². The summed E-state index contributed by atoms with van der Waals surface area (Å²) in [5.74, 6) is 1.45. The zero-order valence-electron chi connectivity index (χ0n) is 16.3. The zero-order chi connectivity index (χ0) is 18.7. The van der Waals surface area contributed by atoms with Gasteiger partial charge in [-0.15, -0.1) is 0 Å². The van der Waals surface area contributed by atoms with E-state index >= 15 is 0 Å². The van der Waals surface area contributed by atoms with Crippen LogP contribution in [0, 0.1) is 39.9 Å². The summed E-state index contributed by atoms with van der Waals surface area (Å²) < 4.78 is 5.50. The highest BCUT2D eigenvalue weighted by Crippen LogP contribution is 2.67. The molecule has 4 nitrogen and oxygen atoms in total. The van der Waals surface area contributed by atoms with Crippen LogP contribution in [0.3, 0.4) is 0 Å². The fraction of sp³-hybridized carbons (Fsp3) is 0.818.